The molecule has 3 heterocycles. The number of rotatable bonds is 6. The maximum Gasteiger partial charge on any atom is 0.252 e. The van der Waals surface area contributed by atoms with Gasteiger partial charge in [0.05, 0.1) is 16.9 Å². The summed E-state index contributed by atoms with van der Waals surface area (Å²) in [7, 11) is -3.51. The molecule has 1 aliphatic heterocycles. The van der Waals surface area contributed by atoms with Crippen LogP contribution in [-0.4, -0.2) is 55.8 Å². The van der Waals surface area contributed by atoms with Crippen molar-refractivity contribution in [1.29, 1.82) is 0 Å². The van der Waals surface area contributed by atoms with Gasteiger partial charge in [0.2, 0.25) is 5.91 Å². The summed E-state index contributed by atoms with van der Waals surface area (Å²) in [4.78, 5) is 15.5. The van der Waals surface area contributed by atoms with E-state index in [4.69, 9.17) is 11.6 Å². The number of thiophene rings is 2. The molecule has 0 bridgehead atoms. The van der Waals surface area contributed by atoms with E-state index in [9.17, 15) is 13.2 Å². The standard InChI is InChI=1S/C16H20ClN3O3S3/c1-12(16(21)18-11-13-3-2-10-24-13)19-6-8-20(9-7-19)26(22,23)15-5-4-14(17)25-15/h2-5,10,12H,6-9,11H2,1H3,(H,18,21)/t12-/m0/s1. The number of nitrogens with zero attached hydrogens (tertiary/aromatic N) is 2. The molecule has 142 valence electrons. The number of hydrogen-bond acceptors (Lipinski definition) is 6. The van der Waals surface area contributed by atoms with E-state index in [0.29, 0.717) is 37.1 Å². The fourth-order valence-corrected chi connectivity index (χ4v) is 6.50. The number of piperazine rings is 1. The van der Waals surface area contributed by atoms with Gasteiger partial charge in [-0.25, -0.2) is 8.42 Å². The largest absolute Gasteiger partial charge is 0.350 e. The van der Waals surface area contributed by atoms with Gasteiger partial charge >= 0.3 is 0 Å². The van der Waals surface area contributed by atoms with Crippen LogP contribution in [0.5, 0.6) is 0 Å². The highest BCUT2D eigenvalue weighted by Gasteiger charge is 2.32. The maximum absolute atomic E-state index is 12.6. The Labute approximate surface area is 166 Å². The Hall–Kier alpha value is -0.970. The number of amides is 1. The van der Waals surface area contributed by atoms with Gasteiger partial charge < -0.3 is 5.32 Å². The van der Waals surface area contributed by atoms with Crippen LogP contribution in [0.15, 0.2) is 33.9 Å². The van der Waals surface area contributed by atoms with Crippen molar-refractivity contribution in [2.75, 3.05) is 26.2 Å². The molecule has 1 N–H and O–H groups in total. The predicted molar refractivity (Wildman–Crippen MR) is 105 cm³/mol. The first kappa shape index (κ1) is 19.8. The minimum Gasteiger partial charge on any atom is -0.350 e. The lowest BCUT2D eigenvalue weighted by Gasteiger charge is -2.36. The summed E-state index contributed by atoms with van der Waals surface area (Å²) in [5.41, 5.74) is 0. The second-order valence-corrected chi connectivity index (χ2v) is 10.9. The fourth-order valence-electron chi connectivity index (χ4n) is 2.80. The Morgan fingerprint density at radius 2 is 2.00 bits per heavy atom. The van der Waals surface area contributed by atoms with E-state index < -0.39 is 10.0 Å². The minimum atomic E-state index is -3.51. The predicted octanol–water partition coefficient (Wildman–Crippen LogP) is 2.47. The van der Waals surface area contributed by atoms with Crippen molar-refractivity contribution in [2.24, 2.45) is 0 Å². The molecule has 1 fully saturated rings. The number of carbonyl (C=O) groups excluding carboxylic acids is 1. The van der Waals surface area contributed by atoms with Gasteiger partial charge in [-0.05, 0) is 30.5 Å². The second-order valence-electron chi connectivity index (χ2n) is 5.97. The number of nitrogens with one attached hydrogen (secondary N) is 1. The molecule has 1 aliphatic rings. The number of halogens is 1. The SMILES string of the molecule is C[C@@H](C(=O)NCc1cccs1)N1CCN(S(=O)(=O)c2ccc(Cl)s2)CC1. The van der Waals surface area contributed by atoms with Gasteiger partial charge in [-0.2, -0.15) is 4.31 Å². The van der Waals surface area contributed by atoms with Crippen LogP contribution >= 0.6 is 34.3 Å². The number of carbonyl (C=O) groups is 1. The summed E-state index contributed by atoms with van der Waals surface area (Å²) < 4.78 is 27.4. The van der Waals surface area contributed by atoms with E-state index in [1.165, 1.54) is 10.4 Å². The zero-order valence-electron chi connectivity index (χ0n) is 14.2. The quantitative estimate of drug-likeness (QED) is 0.759. The number of sulfonamides is 1. The van der Waals surface area contributed by atoms with Crippen LogP contribution in [0.3, 0.4) is 0 Å². The molecule has 3 rings (SSSR count). The molecule has 10 heteroatoms. The van der Waals surface area contributed by atoms with Crippen LogP contribution in [-0.2, 0) is 21.4 Å². The second kappa shape index (κ2) is 8.37. The van der Waals surface area contributed by atoms with Crippen molar-refractivity contribution in [3.63, 3.8) is 0 Å². The zero-order valence-corrected chi connectivity index (χ0v) is 17.4. The van der Waals surface area contributed by atoms with Crippen LogP contribution < -0.4 is 5.32 Å². The summed E-state index contributed by atoms with van der Waals surface area (Å²) in [6.45, 7) is 4.14. The van der Waals surface area contributed by atoms with E-state index in [-0.39, 0.29) is 16.2 Å². The van der Waals surface area contributed by atoms with Gasteiger partial charge in [-0.15, -0.1) is 22.7 Å². The van der Waals surface area contributed by atoms with Crippen molar-refractivity contribution in [1.82, 2.24) is 14.5 Å². The van der Waals surface area contributed by atoms with Gasteiger partial charge in [0, 0.05) is 31.1 Å². The van der Waals surface area contributed by atoms with Crippen LogP contribution in [0.4, 0.5) is 0 Å². The Bertz CT molecular complexity index is 843. The van der Waals surface area contributed by atoms with Gasteiger partial charge in [-0.1, -0.05) is 17.7 Å². The molecule has 0 saturated carbocycles. The Morgan fingerprint density at radius 1 is 1.27 bits per heavy atom. The van der Waals surface area contributed by atoms with Gasteiger partial charge in [0.1, 0.15) is 4.21 Å². The lowest BCUT2D eigenvalue weighted by Crippen LogP contribution is -2.54. The van der Waals surface area contributed by atoms with Crippen molar-refractivity contribution < 1.29 is 13.2 Å². The molecule has 2 aromatic heterocycles. The highest BCUT2D eigenvalue weighted by atomic mass is 35.5. The summed E-state index contributed by atoms with van der Waals surface area (Å²) in [5, 5.41) is 4.91. The average Bonchev–Trinajstić information content (AvgIpc) is 3.31. The molecule has 0 aromatic carbocycles. The molecule has 0 unspecified atom stereocenters. The lowest BCUT2D eigenvalue weighted by atomic mass is 10.2. The average molecular weight is 434 g/mol. The van der Waals surface area contributed by atoms with E-state index in [1.54, 1.807) is 17.4 Å². The first-order valence-electron chi connectivity index (χ1n) is 8.17. The normalized spacial score (nSPS) is 17.9. The maximum atomic E-state index is 12.6. The summed E-state index contributed by atoms with van der Waals surface area (Å²) in [6, 6.07) is 6.77. The molecule has 6 nitrogen and oxygen atoms in total. The van der Waals surface area contributed by atoms with Crippen LogP contribution in [0.2, 0.25) is 4.34 Å². The zero-order chi connectivity index (χ0) is 18.7. The van der Waals surface area contributed by atoms with Crippen molar-refractivity contribution >= 4 is 50.2 Å². The van der Waals surface area contributed by atoms with Crippen LogP contribution in [0.1, 0.15) is 11.8 Å². The molecular formula is C16H20ClN3O3S3. The first-order valence-corrected chi connectivity index (χ1v) is 11.7. The highest BCUT2D eigenvalue weighted by Crippen LogP contribution is 2.28. The van der Waals surface area contributed by atoms with Crippen molar-refractivity contribution in [3.8, 4) is 0 Å². The van der Waals surface area contributed by atoms with E-state index in [2.05, 4.69) is 5.32 Å². The molecule has 1 saturated heterocycles. The monoisotopic (exact) mass is 433 g/mol. The Balaban J connectivity index is 1.53. The fraction of sp³-hybridized carbons (Fsp3) is 0.438. The van der Waals surface area contributed by atoms with E-state index in [0.717, 1.165) is 16.2 Å². The highest BCUT2D eigenvalue weighted by molar-refractivity contribution is 7.91. The minimum absolute atomic E-state index is 0.0419. The smallest absolute Gasteiger partial charge is 0.252 e. The molecule has 1 atom stereocenters. The molecule has 0 spiro atoms. The summed E-state index contributed by atoms with van der Waals surface area (Å²) >= 11 is 8.52. The molecule has 0 radical (unpaired) electrons. The van der Waals surface area contributed by atoms with E-state index in [1.807, 2.05) is 29.3 Å². The first-order chi connectivity index (χ1) is 12.4. The van der Waals surface area contributed by atoms with Crippen molar-refractivity contribution in [2.45, 2.75) is 23.7 Å². The van der Waals surface area contributed by atoms with Crippen LogP contribution in [0, 0.1) is 0 Å². The topological polar surface area (TPSA) is 69.7 Å². The molecule has 2 aromatic rings. The van der Waals surface area contributed by atoms with Gasteiger partial charge in [0.25, 0.3) is 10.0 Å². The van der Waals surface area contributed by atoms with Gasteiger partial charge in [0.15, 0.2) is 0 Å². The Morgan fingerprint density at radius 3 is 2.58 bits per heavy atom. The molecule has 1 amide bonds. The third-order valence-electron chi connectivity index (χ3n) is 4.36. The van der Waals surface area contributed by atoms with Gasteiger partial charge in [-0.3, -0.25) is 9.69 Å². The van der Waals surface area contributed by atoms with E-state index >= 15 is 0 Å². The Kier molecular flexibility index (Phi) is 6.37. The number of hydrogen-bond donors (Lipinski definition) is 1. The molecular weight excluding hydrogens is 414 g/mol. The lowest BCUT2D eigenvalue weighted by molar-refractivity contribution is -0.126. The third-order valence-corrected chi connectivity index (χ3v) is 8.83. The van der Waals surface area contributed by atoms with Crippen molar-refractivity contribution in [3.05, 3.63) is 38.9 Å². The summed E-state index contributed by atoms with van der Waals surface area (Å²) in [5.74, 6) is -0.0419. The third kappa shape index (κ3) is 4.47. The van der Waals surface area contributed by atoms with Crippen LogP contribution in [0.25, 0.3) is 0 Å². The summed E-state index contributed by atoms with van der Waals surface area (Å²) in [6.07, 6.45) is 0. The molecule has 0 aliphatic carbocycles. The molecule has 26 heavy (non-hydrogen) atoms.